The van der Waals surface area contributed by atoms with Crippen molar-refractivity contribution in [2.45, 2.75) is 51.1 Å². The summed E-state index contributed by atoms with van der Waals surface area (Å²) in [6.45, 7) is 2.41. The zero-order chi connectivity index (χ0) is 26.3. The van der Waals surface area contributed by atoms with Crippen LogP contribution in [0, 0.1) is 5.41 Å². The molecule has 1 unspecified atom stereocenters. The molecule has 4 rings (SSSR count). The number of halogens is 2. The zero-order valence-corrected chi connectivity index (χ0v) is 21.9. The van der Waals surface area contributed by atoms with Crippen LogP contribution in [0.4, 0.5) is 4.39 Å². The molecule has 1 aliphatic heterocycles. The Bertz CT molecular complexity index is 1190. The number of benzene rings is 1. The first kappa shape index (κ1) is 27.2. The highest BCUT2D eigenvalue weighted by atomic mass is 35.5. The number of unbranched alkanes of at least 4 members (excludes halogenated alkanes) is 1. The second-order valence-corrected chi connectivity index (χ2v) is 10.2. The Kier molecular flexibility index (Phi) is 9.29. The summed E-state index contributed by atoms with van der Waals surface area (Å²) in [5.41, 5.74) is 3.24. The van der Waals surface area contributed by atoms with Gasteiger partial charge in [0.05, 0.1) is 23.1 Å². The van der Waals surface area contributed by atoms with E-state index in [1.807, 2.05) is 17.7 Å². The molecule has 9 heteroatoms. The number of carbonyl (C=O) groups is 1. The maximum atomic E-state index is 15.7. The summed E-state index contributed by atoms with van der Waals surface area (Å²) in [7, 11) is 1.55. The molecule has 2 aromatic heterocycles. The lowest BCUT2D eigenvalue weighted by molar-refractivity contribution is -0.143. The Morgan fingerprint density at radius 1 is 1.27 bits per heavy atom. The first-order chi connectivity index (χ1) is 18.0. The van der Waals surface area contributed by atoms with Gasteiger partial charge in [0.2, 0.25) is 5.91 Å². The number of nitrogens with one attached hydrogen (secondary N) is 1. The van der Waals surface area contributed by atoms with E-state index in [4.69, 9.17) is 16.3 Å². The van der Waals surface area contributed by atoms with E-state index in [0.717, 1.165) is 38.9 Å². The summed E-state index contributed by atoms with van der Waals surface area (Å²) in [6.07, 6.45) is 8.41. The van der Waals surface area contributed by atoms with Crippen LogP contribution in [0.5, 0.6) is 5.75 Å². The average molecular weight is 529 g/mol. The Hall–Kier alpha value is -2.81. The van der Waals surface area contributed by atoms with Crippen LogP contribution in [0.3, 0.4) is 0 Å². The maximum absolute atomic E-state index is 15.7. The van der Waals surface area contributed by atoms with Crippen LogP contribution in [0.25, 0.3) is 10.9 Å². The van der Waals surface area contributed by atoms with E-state index < -0.39 is 17.5 Å². The molecular weight excluding hydrogens is 495 g/mol. The fourth-order valence-corrected chi connectivity index (χ4v) is 5.55. The van der Waals surface area contributed by atoms with E-state index in [1.165, 1.54) is 11.8 Å². The number of alkyl halides is 1. The molecule has 0 spiro atoms. The van der Waals surface area contributed by atoms with Gasteiger partial charge in [0.25, 0.3) is 0 Å². The zero-order valence-electron chi connectivity index (χ0n) is 21.1. The molecule has 1 amide bonds. The van der Waals surface area contributed by atoms with Gasteiger partial charge in [-0.25, -0.2) is 9.87 Å². The first-order valence-corrected chi connectivity index (χ1v) is 13.2. The third kappa shape index (κ3) is 6.55. The number of nitrogens with zero attached hydrogens (tertiary/aromatic N) is 3. The monoisotopic (exact) mass is 528 g/mol. The van der Waals surface area contributed by atoms with Gasteiger partial charge in [0.15, 0.2) is 0 Å². The minimum atomic E-state index is -1.39. The second-order valence-electron chi connectivity index (χ2n) is 9.79. The maximum Gasteiger partial charge on any atom is 0.249 e. The molecule has 0 saturated carbocycles. The molecule has 1 saturated heterocycles. The molecule has 1 atom stereocenters. The standard InChI is InChI=1S/C28H34ClFN4O3/c1-37-21-7-8-25-22(17-21)26(23(29)19-32-25)24(30)9-10-28(27(35)33-36)11-15-34(16-12-28)14-3-2-5-20-6-4-13-31-18-20/h4,6-8,13,17-19,24,36H,2-3,5,9-12,14-16H2,1H3,(H,33,35). The van der Waals surface area contributed by atoms with E-state index in [0.29, 0.717) is 41.5 Å². The predicted octanol–water partition coefficient (Wildman–Crippen LogP) is 5.69. The minimum Gasteiger partial charge on any atom is -0.497 e. The number of fused-ring (bicyclic) bond motifs is 1. The summed E-state index contributed by atoms with van der Waals surface area (Å²) < 4.78 is 21.0. The van der Waals surface area contributed by atoms with Gasteiger partial charge in [0, 0.05) is 29.5 Å². The lowest BCUT2D eigenvalue weighted by Gasteiger charge is -2.40. The van der Waals surface area contributed by atoms with Gasteiger partial charge in [-0.3, -0.25) is 20.0 Å². The van der Waals surface area contributed by atoms with Crippen molar-refractivity contribution in [1.82, 2.24) is 20.3 Å². The highest BCUT2D eigenvalue weighted by Gasteiger charge is 2.41. The van der Waals surface area contributed by atoms with Crippen molar-refractivity contribution in [1.29, 1.82) is 0 Å². The summed E-state index contributed by atoms with van der Waals surface area (Å²) in [5.74, 6) is 0.150. The Balaban J connectivity index is 1.36. The van der Waals surface area contributed by atoms with Crippen molar-refractivity contribution in [3.8, 4) is 5.75 Å². The summed E-state index contributed by atoms with van der Waals surface area (Å²) in [4.78, 5) is 23.6. The number of hydrogen-bond acceptors (Lipinski definition) is 6. The van der Waals surface area contributed by atoms with Crippen LogP contribution >= 0.6 is 11.6 Å². The van der Waals surface area contributed by atoms with Gasteiger partial charge < -0.3 is 9.64 Å². The molecular formula is C28H34ClFN4O3. The third-order valence-corrected chi connectivity index (χ3v) is 7.87. The molecule has 0 bridgehead atoms. The van der Waals surface area contributed by atoms with Crippen molar-refractivity contribution < 1.29 is 19.1 Å². The SMILES string of the molecule is COc1ccc2ncc(Cl)c(C(F)CCC3(C(=O)NO)CCN(CCCCc4cccnc4)CC3)c2c1. The number of ether oxygens (including phenoxy) is 1. The number of amides is 1. The fraction of sp³-hybridized carbons (Fsp3) is 0.464. The molecule has 0 radical (unpaired) electrons. The van der Waals surface area contributed by atoms with Crippen LogP contribution in [-0.2, 0) is 11.2 Å². The van der Waals surface area contributed by atoms with Crippen molar-refractivity contribution in [3.05, 3.63) is 65.1 Å². The molecule has 37 heavy (non-hydrogen) atoms. The number of carbonyl (C=O) groups excluding carboxylic acids is 1. The van der Waals surface area contributed by atoms with Gasteiger partial charge in [0.1, 0.15) is 11.9 Å². The van der Waals surface area contributed by atoms with Crippen molar-refractivity contribution >= 4 is 28.4 Å². The van der Waals surface area contributed by atoms with Gasteiger partial charge in [-0.15, -0.1) is 0 Å². The number of piperidine rings is 1. The quantitative estimate of drug-likeness (QED) is 0.189. The van der Waals surface area contributed by atoms with Gasteiger partial charge >= 0.3 is 0 Å². The number of pyridine rings is 2. The van der Waals surface area contributed by atoms with Gasteiger partial charge in [-0.1, -0.05) is 17.7 Å². The normalized spacial score (nSPS) is 16.4. The Labute approximate surface area is 222 Å². The van der Waals surface area contributed by atoms with E-state index in [1.54, 1.807) is 31.5 Å². The van der Waals surface area contributed by atoms with Crippen molar-refractivity contribution in [2.75, 3.05) is 26.7 Å². The molecule has 1 aromatic carbocycles. The smallest absolute Gasteiger partial charge is 0.249 e. The molecule has 2 N–H and O–H groups in total. The molecule has 1 aliphatic rings. The summed E-state index contributed by atoms with van der Waals surface area (Å²) in [6, 6.07) is 9.32. The van der Waals surface area contributed by atoms with E-state index in [-0.39, 0.29) is 11.4 Å². The number of aryl methyl sites for hydroxylation is 1. The second kappa shape index (κ2) is 12.6. The highest BCUT2D eigenvalue weighted by Crippen LogP contribution is 2.42. The minimum absolute atomic E-state index is 0.106. The summed E-state index contributed by atoms with van der Waals surface area (Å²) in [5, 5.41) is 10.3. The molecule has 3 aromatic rings. The molecule has 1 fully saturated rings. The van der Waals surface area contributed by atoms with Gasteiger partial charge in [-0.05, 0) is 94.4 Å². The van der Waals surface area contributed by atoms with Gasteiger partial charge in [-0.2, -0.15) is 0 Å². The molecule has 7 nitrogen and oxygen atoms in total. The number of aromatic nitrogens is 2. The Morgan fingerprint density at radius 2 is 2.08 bits per heavy atom. The van der Waals surface area contributed by atoms with Crippen LogP contribution in [0.15, 0.2) is 48.9 Å². The number of hydrogen-bond donors (Lipinski definition) is 2. The number of rotatable bonds is 11. The topological polar surface area (TPSA) is 87.6 Å². The Morgan fingerprint density at radius 3 is 2.78 bits per heavy atom. The lowest BCUT2D eigenvalue weighted by atomic mass is 9.73. The van der Waals surface area contributed by atoms with Crippen LogP contribution < -0.4 is 10.2 Å². The molecule has 3 heterocycles. The summed E-state index contributed by atoms with van der Waals surface area (Å²) >= 11 is 6.39. The molecule has 198 valence electrons. The number of hydroxylamine groups is 1. The van der Waals surface area contributed by atoms with Crippen molar-refractivity contribution in [3.63, 3.8) is 0 Å². The van der Waals surface area contributed by atoms with Crippen molar-refractivity contribution in [2.24, 2.45) is 5.41 Å². The van der Waals surface area contributed by atoms with E-state index in [9.17, 15) is 10.0 Å². The van der Waals surface area contributed by atoms with Crippen LogP contribution in [0.2, 0.25) is 5.02 Å². The first-order valence-electron chi connectivity index (χ1n) is 12.8. The predicted molar refractivity (Wildman–Crippen MR) is 142 cm³/mol. The van der Waals surface area contributed by atoms with Crippen LogP contribution in [0.1, 0.15) is 55.8 Å². The number of methoxy groups -OCH3 is 1. The fourth-order valence-electron chi connectivity index (χ4n) is 5.28. The molecule has 0 aliphatic carbocycles. The largest absolute Gasteiger partial charge is 0.497 e. The number of likely N-dealkylation sites (tertiary alicyclic amines) is 1. The third-order valence-electron chi connectivity index (χ3n) is 7.57. The average Bonchev–Trinajstić information content (AvgIpc) is 2.94. The van der Waals surface area contributed by atoms with Crippen LogP contribution in [-0.4, -0.2) is 52.7 Å². The highest BCUT2D eigenvalue weighted by molar-refractivity contribution is 6.32. The lowest BCUT2D eigenvalue weighted by Crippen LogP contribution is -2.48. The van der Waals surface area contributed by atoms with E-state index >= 15 is 4.39 Å². The van der Waals surface area contributed by atoms with E-state index in [2.05, 4.69) is 20.9 Å².